The van der Waals surface area contributed by atoms with Crippen LogP contribution >= 0.6 is 22.7 Å². The molecule has 0 aromatic carbocycles. The highest BCUT2D eigenvalue weighted by Crippen LogP contribution is 2.34. The standard InChI is InChI=1S/C14H6N4S2/c15-7-9-10(8-16)18-14(12-4-2-6-20-12)13(17-9)11-3-1-5-19-11/h1-6H. The van der Waals surface area contributed by atoms with Gasteiger partial charge >= 0.3 is 0 Å². The molecule has 0 spiro atoms. The van der Waals surface area contributed by atoms with E-state index in [4.69, 9.17) is 10.5 Å². The summed E-state index contributed by atoms with van der Waals surface area (Å²) in [6, 6.07) is 11.6. The smallest absolute Gasteiger partial charge is 0.177 e. The fourth-order valence-corrected chi connectivity index (χ4v) is 3.19. The highest BCUT2D eigenvalue weighted by Gasteiger charge is 2.17. The average molecular weight is 294 g/mol. The van der Waals surface area contributed by atoms with E-state index in [1.54, 1.807) is 0 Å². The number of thiophene rings is 2. The van der Waals surface area contributed by atoms with Gasteiger partial charge in [-0.25, -0.2) is 9.97 Å². The first kappa shape index (κ1) is 12.5. The maximum atomic E-state index is 9.10. The van der Waals surface area contributed by atoms with Crippen LogP contribution in [0.1, 0.15) is 11.4 Å². The first-order valence-corrected chi connectivity index (χ1v) is 7.39. The van der Waals surface area contributed by atoms with Crippen LogP contribution in [0.3, 0.4) is 0 Å². The van der Waals surface area contributed by atoms with Gasteiger partial charge in [-0.05, 0) is 22.9 Å². The van der Waals surface area contributed by atoms with E-state index in [9.17, 15) is 0 Å². The van der Waals surface area contributed by atoms with Gasteiger partial charge in [0.05, 0.1) is 9.75 Å². The normalized spacial score (nSPS) is 9.90. The first-order chi connectivity index (χ1) is 9.83. The molecule has 0 atom stereocenters. The SMILES string of the molecule is N#Cc1nc(-c2cccs2)c(-c2cccs2)nc1C#N. The third kappa shape index (κ3) is 2.08. The fourth-order valence-electron chi connectivity index (χ4n) is 1.76. The number of hydrogen-bond acceptors (Lipinski definition) is 6. The zero-order valence-corrected chi connectivity index (χ0v) is 11.7. The van der Waals surface area contributed by atoms with Crippen LogP contribution in [0.25, 0.3) is 21.1 Å². The third-order valence-electron chi connectivity index (χ3n) is 2.62. The second kappa shape index (κ2) is 5.22. The van der Waals surface area contributed by atoms with Gasteiger partial charge in [0.1, 0.15) is 23.5 Å². The topological polar surface area (TPSA) is 73.4 Å². The number of hydrogen-bond donors (Lipinski definition) is 0. The number of rotatable bonds is 2. The van der Waals surface area contributed by atoms with E-state index in [-0.39, 0.29) is 11.4 Å². The molecular weight excluding hydrogens is 288 g/mol. The van der Waals surface area contributed by atoms with Crippen molar-refractivity contribution in [2.24, 2.45) is 0 Å². The minimum Gasteiger partial charge on any atom is -0.231 e. The molecule has 3 rings (SSSR count). The third-order valence-corrected chi connectivity index (χ3v) is 4.37. The monoisotopic (exact) mass is 294 g/mol. The van der Waals surface area contributed by atoms with Crippen LogP contribution in [0.2, 0.25) is 0 Å². The lowest BCUT2D eigenvalue weighted by Crippen LogP contribution is -1.99. The van der Waals surface area contributed by atoms with Gasteiger partial charge in [-0.1, -0.05) is 12.1 Å². The number of nitriles is 2. The lowest BCUT2D eigenvalue weighted by Gasteiger charge is -2.06. The van der Waals surface area contributed by atoms with Gasteiger partial charge in [0.2, 0.25) is 0 Å². The van der Waals surface area contributed by atoms with Crippen LogP contribution < -0.4 is 0 Å². The van der Waals surface area contributed by atoms with E-state index in [0.717, 1.165) is 9.75 Å². The zero-order chi connectivity index (χ0) is 13.9. The van der Waals surface area contributed by atoms with Gasteiger partial charge in [-0.3, -0.25) is 0 Å². The summed E-state index contributed by atoms with van der Waals surface area (Å²) in [7, 11) is 0. The Morgan fingerprint density at radius 1 is 0.800 bits per heavy atom. The van der Waals surface area contributed by atoms with E-state index in [0.29, 0.717) is 11.4 Å². The van der Waals surface area contributed by atoms with E-state index in [1.165, 1.54) is 22.7 Å². The van der Waals surface area contributed by atoms with Crippen molar-refractivity contribution in [3.8, 4) is 33.3 Å². The second-order valence-corrected chi connectivity index (χ2v) is 5.69. The van der Waals surface area contributed by atoms with E-state index >= 15 is 0 Å². The molecule has 0 bridgehead atoms. The maximum Gasteiger partial charge on any atom is 0.177 e. The molecule has 0 aliphatic carbocycles. The van der Waals surface area contributed by atoms with Gasteiger partial charge < -0.3 is 0 Å². The Kier molecular flexibility index (Phi) is 3.26. The molecule has 6 heteroatoms. The molecule has 3 aromatic heterocycles. The lowest BCUT2D eigenvalue weighted by molar-refractivity contribution is 1.15. The van der Waals surface area contributed by atoms with Crippen LogP contribution in [0.4, 0.5) is 0 Å². The molecular formula is C14H6N4S2. The van der Waals surface area contributed by atoms with Gasteiger partial charge in [0.25, 0.3) is 0 Å². The van der Waals surface area contributed by atoms with Crippen molar-refractivity contribution in [1.29, 1.82) is 10.5 Å². The Morgan fingerprint density at radius 3 is 1.55 bits per heavy atom. The molecule has 0 aliphatic rings. The van der Waals surface area contributed by atoms with Crippen LogP contribution in [-0.4, -0.2) is 9.97 Å². The van der Waals surface area contributed by atoms with Gasteiger partial charge in [0, 0.05) is 0 Å². The zero-order valence-electron chi connectivity index (χ0n) is 10.1. The van der Waals surface area contributed by atoms with Gasteiger partial charge in [0.15, 0.2) is 11.4 Å². The molecule has 0 unspecified atom stereocenters. The summed E-state index contributed by atoms with van der Waals surface area (Å²) in [4.78, 5) is 10.5. The van der Waals surface area contributed by atoms with Crippen molar-refractivity contribution in [3.05, 3.63) is 46.4 Å². The summed E-state index contributed by atoms with van der Waals surface area (Å²) in [6.07, 6.45) is 0. The summed E-state index contributed by atoms with van der Waals surface area (Å²) in [5.41, 5.74) is 1.43. The summed E-state index contributed by atoms with van der Waals surface area (Å²) < 4.78 is 0. The molecule has 0 radical (unpaired) electrons. The lowest BCUT2D eigenvalue weighted by atomic mass is 10.2. The summed E-state index contributed by atoms with van der Waals surface area (Å²) in [6.45, 7) is 0. The van der Waals surface area contributed by atoms with Crippen LogP contribution in [0, 0.1) is 22.7 Å². The quantitative estimate of drug-likeness (QED) is 0.722. The Hall–Kier alpha value is -2.54. The predicted octanol–water partition coefficient (Wildman–Crippen LogP) is 3.68. The molecule has 0 fully saturated rings. The molecule has 20 heavy (non-hydrogen) atoms. The predicted molar refractivity (Wildman–Crippen MR) is 78.1 cm³/mol. The highest BCUT2D eigenvalue weighted by atomic mass is 32.1. The second-order valence-electron chi connectivity index (χ2n) is 3.80. The van der Waals surface area contributed by atoms with E-state index < -0.39 is 0 Å². The Morgan fingerprint density at radius 2 is 1.25 bits per heavy atom. The Bertz CT molecular complexity index is 750. The summed E-state index contributed by atoms with van der Waals surface area (Å²) in [5.74, 6) is 0. The average Bonchev–Trinajstić information content (AvgIpc) is 3.18. The van der Waals surface area contributed by atoms with Crippen molar-refractivity contribution >= 4 is 22.7 Å². The summed E-state index contributed by atoms with van der Waals surface area (Å²) >= 11 is 3.06. The van der Waals surface area contributed by atoms with Crippen LogP contribution in [0.5, 0.6) is 0 Å². The largest absolute Gasteiger partial charge is 0.231 e. The molecule has 0 saturated heterocycles. The Labute approximate surface area is 123 Å². The molecule has 3 heterocycles. The Balaban J connectivity index is 2.32. The maximum absolute atomic E-state index is 9.10. The van der Waals surface area contributed by atoms with Crippen molar-refractivity contribution in [2.75, 3.05) is 0 Å². The van der Waals surface area contributed by atoms with Crippen LogP contribution in [0.15, 0.2) is 35.0 Å². The molecule has 0 saturated carbocycles. The fraction of sp³-hybridized carbons (Fsp3) is 0. The van der Waals surface area contributed by atoms with Crippen molar-refractivity contribution in [3.63, 3.8) is 0 Å². The molecule has 0 N–H and O–H groups in total. The molecule has 0 aliphatic heterocycles. The van der Waals surface area contributed by atoms with Crippen molar-refractivity contribution in [2.45, 2.75) is 0 Å². The minimum atomic E-state index is 0.0659. The van der Waals surface area contributed by atoms with Crippen molar-refractivity contribution < 1.29 is 0 Å². The minimum absolute atomic E-state index is 0.0659. The number of aromatic nitrogens is 2. The van der Waals surface area contributed by atoms with Crippen molar-refractivity contribution in [1.82, 2.24) is 9.97 Å². The number of nitrogens with zero attached hydrogens (tertiary/aromatic N) is 4. The molecule has 4 nitrogen and oxygen atoms in total. The van der Waals surface area contributed by atoms with Crippen LogP contribution in [-0.2, 0) is 0 Å². The van der Waals surface area contributed by atoms with Gasteiger partial charge in [-0.2, -0.15) is 10.5 Å². The molecule has 3 aromatic rings. The highest BCUT2D eigenvalue weighted by molar-refractivity contribution is 7.14. The summed E-state index contributed by atoms with van der Waals surface area (Å²) in [5, 5.41) is 22.1. The molecule has 94 valence electrons. The van der Waals surface area contributed by atoms with E-state index in [1.807, 2.05) is 47.2 Å². The van der Waals surface area contributed by atoms with E-state index in [2.05, 4.69) is 9.97 Å². The first-order valence-electron chi connectivity index (χ1n) is 5.63. The molecule has 0 amide bonds. The van der Waals surface area contributed by atoms with Gasteiger partial charge in [-0.15, -0.1) is 22.7 Å².